The molecule has 0 aliphatic rings. The van der Waals surface area contributed by atoms with Gasteiger partial charge in [0, 0.05) is 12.0 Å². The molecule has 0 atom stereocenters. The van der Waals surface area contributed by atoms with Crippen LogP contribution >= 0.6 is 0 Å². The number of esters is 1. The first-order valence-electron chi connectivity index (χ1n) is 4.17. The number of hydrogen-bond donors (Lipinski definition) is 1. The SMILES string of the molecule is C=C(C)C(=O)NCCOC(=O)CC. The van der Waals surface area contributed by atoms with Gasteiger partial charge >= 0.3 is 5.97 Å². The number of nitrogens with one attached hydrogen (secondary N) is 1. The second-order valence-electron chi connectivity index (χ2n) is 2.61. The highest BCUT2D eigenvalue weighted by molar-refractivity contribution is 5.92. The Labute approximate surface area is 78.0 Å². The molecule has 0 aromatic heterocycles. The Morgan fingerprint density at radius 3 is 2.54 bits per heavy atom. The molecular weight excluding hydrogens is 170 g/mol. The number of carbonyl (C=O) groups is 2. The highest BCUT2D eigenvalue weighted by Crippen LogP contribution is 1.86. The normalized spacial score (nSPS) is 9.08. The van der Waals surface area contributed by atoms with Crippen LogP contribution in [0.4, 0.5) is 0 Å². The van der Waals surface area contributed by atoms with E-state index in [0.29, 0.717) is 18.5 Å². The van der Waals surface area contributed by atoms with E-state index >= 15 is 0 Å². The van der Waals surface area contributed by atoms with E-state index < -0.39 is 0 Å². The van der Waals surface area contributed by atoms with Crippen molar-refractivity contribution in [1.82, 2.24) is 5.32 Å². The lowest BCUT2D eigenvalue weighted by Crippen LogP contribution is -2.28. The minimum Gasteiger partial charge on any atom is -0.464 e. The van der Waals surface area contributed by atoms with Crippen molar-refractivity contribution in [3.8, 4) is 0 Å². The monoisotopic (exact) mass is 185 g/mol. The number of carbonyl (C=O) groups excluding carboxylic acids is 2. The van der Waals surface area contributed by atoms with Crippen LogP contribution in [0, 0.1) is 0 Å². The highest BCUT2D eigenvalue weighted by Gasteiger charge is 2.01. The zero-order valence-electron chi connectivity index (χ0n) is 8.05. The van der Waals surface area contributed by atoms with Gasteiger partial charge in [-0.2, -0.15) is 0 Å². The zero-order chi connectivity index (χ0) is 10.3. The van der Waals surface area contributed by atoms with Gasteiger partial charge < -0.3 is 10.1 Å². The van der Waals surface area contributed by atoms with Crippen molar-refractivity contribution < 1.29 is 14.3 Å². The van der Waals surface area contributed by atoms with E-state index in [2.05, 4.69) is 11.9 Å². The molecule has 0 bridgehead atoms. The maximum atomic E-state index is 10.9. The first-order chi connectivity index (χ1) is 6.07. The van der Waals surface area contributed by atoms with Crippen molar-refractivity contribution in [2.45, 2.75) is 20.3 Å². The molecule has 4 heteroatoms. The van der Waals surface area contributed by atoms with E-state index in [1.165, 1.54) is 0 Å². The van der Waals surface area contributed by atoms with Crippen LogP contribution in [0.2, 0.25) is 0 Å². The Bertz CT molecular complexity index is 211. The lowest BCUT2D eigenvalue weighted by atomic mass is 10.3. The molecule has 1 amide bonds. The van der Waals surface area contributed by atoms with Crippen LogP contribution in [0.1, 0.15) is 20.3 Å². The van der Waals surface area contributed by atoms with E-state index in [9.17, 15) is 9.59 Å². The highest BCUT2D eigenvalue weighted by atomic mass is 16.5. The third-order valence-corrected chi connectivity index (χ3v) is 1.33. The van der Waals surface area contributed by atoms with E-state index in [0.717, 1.165) is 0 Å². The third-order valence-electron chi connectivity index (χ3n) is 1.33. The first kappa shape index (κ1) is 11.7. The molecule has 13 heavy (non-hydrogen) atoms. The van der Waals surface area contributed by atoms with Gasteiger partial charge in [0.25, 0.3) is 0 Å². The third kappa shape index (κ3) is 5.90. The number of hydrogen-bond acceptors (Lipinski definition) is 3. The molecule has 0 aliphatic carbocycles. The molecular formula is C9H15NO3. The minimum atomic E-state index is -0.260. The summed E-state index contributed by atoms with van der Waals surface area (Å²) in [5.74, 6) is -0.475. The second kappa shape index (κ2) is 6.22. The summed E-state index contributed by atoms with van der Waals surface area (Å²) in [6.07, 6.45) is 0.356. The largest absolute Gasteiger partial charge is 0.464 e. The summed E-state index contributed by atoms with van der Waals surface area (Å²) in [5.41, 5.74) is 0.446. The summed E-state index contributed by atoms with van der Waals surface area (Å²) in [7, 11) is 0. The Morgan fingerprint density at radius 1 is 1.46 bits per heavy atom. The van der Waals surface area contributed by atoms with Crippen molar-refractivity contribution in [1.29, 1.82) is 0 Å². The van der Waals surface area contributed by atoms with Gasteiger partial charge in [-0.3, -0.25) is 9.59 Å². The van der Waals surface area contributed by atoms with E-state index in [4.69, 9.17) is 4.74 Å². The van der Waals surface area contributed by atoms with Crippen LogP contribution in [0.3, 0.4) is 0 Å². The Kier molecular flexibility index (Phi) is 5.59. The average Bonchev–Trinajstić information content (AvgIpc) is 2.11. The smallest absolute Gasteiger partial charge is 0.305 e. The fourth-order valence-electron chi connectivity index (χ4n) is 0.582. The summed E-state index contributed by atoms with van der Waals surface area (Å²) >= 11 is 0. The molecule has 0 radical (unpaired) electrons. The van der Waals surface area contributed by atoms with Crippen molar-refractivity contribution >= 4 is 11.9 Å². The van der Waals surface area contributed by atoms with Crippen LogP contribution < -0.4 is 5.32 Å². The molecule has 0 aliphatic heterocycles. The molecule has 0 saturated carbocycles. The Balaban J connectivity index is 3.41. The molecule has 0 heterocycles. The second-order valence-corrected chi connectivity index (χ2v) is 2.61. The van der Waals surface area contributed by atoms with Crippen LogP contribution in [0.25, 0.3) is 0 Å². The Morgan fingerprint density at radius 2 is 2.08 bits per heavy atom. The van der Waals surface area contributed by atoms with Crippen molar-refractivity contribution in [2.75, 3.05) is 13.2 Å². The maximum absolute atomic E-state index is 10.9. The van der Waals surface area contributed by atoms with Gasteiger partial charge in [0.15, 0.2) is 0 Å². The lowest BCUT2D eigenvalue weighted by molar-refractivity contribution is -0.143. The molecule has 4 nitrogen and oxygen atoms in total. The van der Waals surface area contributed by atoms with Gasteiger partial charge in [0.2, 0.25) is 5.91 Å². The van der Waals surface area contributed by atoms with E-state index in [1.54, 1.807) is 13.8 Å². The molecule has 0 saturated heterocycles. The van der Waals surface area contributed by atoms with Crippen molar-refractivity contribution in [2.24, 2.45) is 0 Å². The van der Waals surface area contributed by atoms with Gasteiger partial charge in [0.05, 0.1) is 6.54 Å². The zero-order valence-corrected chi connectivity index (χ0v) is 8.05. The predicted octanol–water partition coefficient (Wildman–Crippen LogP) is 0.632. The molecule has 74 valence electrons. The summed E-state index contributed by atoms with van der Waals surface area (Å²) < 4.78 is 4.74. The van der Waals surface area contributed by atoms with E-state index in [-0.39, 0.29) is 18.5 Å². The molecule has 0 unspecified atom stereocenters. The number of rotatable bonds is 5. The van der Waals surface area contributed by atoms with Gasteiger partial charge in [0.1, 0.15) is 6.61 Å². The lowest BCUT2D eigenvalue weighted by Gasteiger charge is -2.04. The first-order valence-corrected chi connectivity index (χ1v) is 4.17. The maximum Gasteiger partial charge on any atom is 0.305 e. The number of ether oxygens (including phenoxy) is 1. The Hall–Kier alpha value is -1.32. The van der Waals surface area contributed by atoms with Crippen LogP contribution in [0.15, 0.2) is 12.2 Å². The molecule has 0 fully saturated rings. The summed E-state index contributed by atoms with van der Waals surface area (Å²) in [4.78, 5) is 21.5. The summed E-state index contributed by atoms with van der Waals surface area (Å²) in [5, 5.41) is 2.55. The fraction of sp³-hybridized carbons (Fsp3) is 0.556. The fourth-order valence-corrected chi connectivity index (χ4v) is 0.582. The van der Waals surface area contributed by atoms with Crippen LogP contribution in [-0.4, -0.2) is 25.0 Å². The predicted molar refractivity (Wildman–Crippen MR) is 49.1 cm³/mol. The molecule has 0 spiro atoms. The van der Waals surface area contributed by atoms with Crippen molar-refractivity contribution in [3.63, 3.8) is 0 Å². The summed E-state index contributed by atoms with van der Waals surface area (Å²) in [6, 6.07) is 0. The van der Waals surface area contributed by atoms with Crippen molar-refractivity contribution in [3.05, 3.63) is 12.2 Å². The van der Waals surface area contributed by atoms with E-state index in [1.807, 2.05) is 0 Å². The number of amides is 1. The molecule has 0 aromatic rings. The topological polar surface area (TPSA) is 55.4 Å². The summed E-state index contributed by atoms with van der Waals surface area (Å²) in [6.45, 7) is 7.35. The molecule has 1 N–H and O–H groups in total. The molecule has 0 rings (SSSR count). The quantitative estimate of drug-likeness (QED) is 0.388. The van der Waals surface area contributed by atoms with Gasteiger partial charge in [-0.05, 0) is 6.92 Å². The van der Waals surface area contributed by atoms with Gasteiger partial charge in [-0.15, -0.1) is 0 Å². The standard InChI is InChI=1S/C9H15NO3/c1-4-8(11)13-6-5-10-9(12)7(2)3/h2,4-6H2,1,3H3,(H,10,12). The molecule has 0 aromatic carbocycles. The average molecular weight is 185 g/mol. The van der Waals surface area contributed by atoms with Crippen LogP contribution in [0.5, 0.6) is 0 Å². The van der Waals surface area contributed by atoms with Gasteiger partial charge in [-0.1, -0.05) is 13.5 Å². The van der Waals surface area contributed by atoms with Crippen LogP contribution in [-0.2, 0) is 14.3 Å². The minimum absolute atomic E-state index is 0.214. The van der Waals surface area contributed by atoms with Gasteiger partial charge in [-0.25, -0.2) is 0 Å².